The van der Waals surface area contributed by atoms with Crippen molar-refractivity contribution in [1.29, 1.82) is 0 Å². The van der Waals surface area contributed by atoms with Gasteiger partial charge in [0.2, 0.25) is 5.88 Å². The number of benzene rings is 1. The highest BCUT2D eigenvalue weighted by Crippen LogP contribution is 2.36. The first-order valence-electron chi connectivity index (χ1n) is 8.49. The van der Waals surface area contributed by atoms with Crippen LogP contribution in [0, 0.1) is 0 Å². The Hall–Kier alpha value is -2.25. The van der Waals surface area contributed by atoms with E-state index in [2.05, 4.69) is 57.9 Å². The highest BCUT2D eigenvalue weighted by atomic mass is 79.9. The molecule has 0 spiro atoms. The molecule has 3 heterocycles. The van der Waals surface area contributed by atoms with Crippen LogP contribution in [-0.2, 0) is 12.0 Å². The molecule has 0 amide bonds. The predicted octanol–water partition coefficient (Wildman–Crippen LogP) is 5.99. The molecule has 0 bridgehead atoms. The molecule has 0 saturated heterocycles. The van der Waals surface area contributed by atoms with E-state index in [1.54, 1.807) is 11.3 Å². The summed E-state index contributed by atoms with van der Waals surface area (Å²) in [6, 6.07) is 11.9. The van der Waals surface area contributed by atoms with E-state index in [1.807, 2.05) is 30.3 Å². The quantitative estimate of drug-likeness (QED) is 0.387. The SMILES string of the molecule is CC(C)(C)c1cc2c(OCc3cc(-c4ccc(Br)cc4)no3)ncnc2s1. The van der Waals surface area contributed by atoms with E-state index in [-0.39, 0.29) is 12.0 Å². The third kappa shape index (κ3) is 3.89. The van der Waals surface area contributed by atoms with Gasteiger partial charge in [-0.25, -0.2) is 9.97 Å². The van der Waals surface area contributed by atoms with Gasteiger partial charge in [0.1, 0.15) is 16.9 Å². The maximum Gasteiger partial charge on any atom is 0.225 e. The second kappa shape index (κ2) is 7.05. The first-order chi connectivity index (χ1) is 12.9. The average molecular weight is 444 g/mol. The van der Waals surface area contributed by atoms with Crippen molar-refractivity contribution in [2.75, 3.05) is 0 Å². The van der Waals surface area contributed by atoms with E-state index in [9.17, 15) is 0 Å². The number of halogens is 1. The first-order valence-corrected chi connectivity index (χ1v) is 10.1. The zero-order valence-corrected chi connectivity index (χ0v) is 17.6. The Balaban J connectivity index is 1.54. The number of nitrogens with zero attached hydrogens (tertiary/aromatic N) is 3. The molecule has 138 valence electrons. The minimum atomic E-state index is 0.0626. The van der Waals surface area contributed by atoms with Crippen molar-refractivity contribution in [3.8, 4) is 17.1 Å². The van der Waals surface area contributed by atoms with E-state index in [0.29, 0.717) is 11.6 Å². The molecule has 1 aromatic carbocycles. The Labute approximate surface area is 169 Å². The second-order valence-corrected chi connectivity index (χ2v) is 9.18. The Morgan fingerprint density at radius 1 is 1.11 bits per heavy atom. The molecule has 0 aliphatic heterocycles. The van der Waals surface area contributed by atoms with Gasteiger partial charge in [0.15, 0.2) is 12.4 Å². The summed E-state index contributed by atoms with van der Waals surface area (Å²) >= 11 is 5.10. The van der Waals surface area contributed by atoms with Gasteiger partial charge in [-0.1, -0.05) is 54.0 Å². The molecule has 4 aromatic rings. The Morgan fingerprint density at radius 2 is 1.89 bits per heavy atom. The van der Waals surface area contributed by atoms with Crippen LogP contribution in [0.25, 0.3) is 21.5 Å². The number of ether oxygens (including phenoxy) is 1. The molecule has 4 rings (SSSR count). The highest BCUT2D eigenvalue weighted by Gasteiger charge is 2.19. The fraction of sp³-hybridized carbons (Fsp3) is 0.250. The van der Waals surface area contributed by atoms with Crippen LogP contribution in [0.15, 0.2) is 51.7 Å². The van der Waals surface area contributed by atoms with Gasteiger partial charge >= 0.3 is 0 Å². The monoisotopic (exact) mass is 443 g/mol. The first kappa shape index (κ1) is 18.1. The maximum absolute atomic E-state index is 5.91. The van der Waals surface area contributed by atoms with E-state index in [4.69, 9.17) is 9.26 Å². The predicted molar refractivity (Wildman–Crippen MR) is 110 cm³/mol. The second-order valence-electron chi connectivity index (χ2n) is 7.23. The molecule has 0 fully saturated rings. The van der Waals surface area contributed by atoms with Crippen molar-refractivity contribution in [1.82, 2.24) is 15.1 Å². The lowest BCUT2D eigenvalue weighted by Gasteiger charge is -2.14. The average Bonchev–Trinajstić information content (AvgIpc) is 3.27. The van der Waals surface area contributed by atoms with E-state index < -0.39 is 0 Å². The number of aromatic nitrogens is 3. The summed E-state index contributed by atoms with van der Waals surface area (Å²) in [6.07, 6.45) is 1.54. The van der Waals surface area contributed by atoms with Crippen molar-refractivity contribution in [2.24, 2.45) is 0 Å². The third-order valence-electron chi connectivity index (χ3n) is 4.08. The molecular formula is C20H18BrN3O2S. The van der Waals surface area contributed by atoms with Gasteiger partial charge in [0.25, 0.3) is 0 Å². The van der Waals surface area contributed by atoms with Gasteiger partial charge in [-0.05, 0) is 23.6 Å². The summed E-state index contributed by atoms with van der Waals surface area (Å²) in [6.45, 7) is 6.81. The molecule has 0 aliphatic rings. The molecule has 0 atom stereocenters. The number of hydrogen-bond acceptors (Lipinski definition) is 6. The van der Waals surface area contributed by atoms with Gasteiger partial charge in [0.05, 0.1) is 5.39 Å². The molecule has 0 aliphatic carbocycles. The van der Waals surface area contributed by atoms with Crippen molar-refractivity contribution < 1.29 is 9.26 Å². The van der Waals surface area contributed by atoms with Gasteiger partial charge in [0, 0.05) is 21.0 Å². The zero-order chi connectivity index (χ0) is 19.0. The zero-order valence-electron chi connectivity index (χ0n) is 15.2. The van der Waals surface area contributed by atoms with Crippen LogP contribution in [0.5, 0.6) is 5.88 Å². The van der Waals surface area contributed by atoms with E-state index in [0.717, 1.165) is 25.9 Å². The minimum Gasteiger partial charge on any atom is -0.469 e. The minimum absolute atomic E-state index is 0.0626. The van der Waals surface area contributed by atoms with Crippen LogP contribution in [0.2, 0.25) is 0 Å². The Bertz CT molecular complexity index is 1080. The fourth-order valence-corrected chi connectivity index (χ4v) is 3.91. The number of rotatable bonds is 4. The van der Waals surface area contributed by atoms with Crippen molar-refractivity contribution in [3.63, 3.8) is 0 Å². The van der Waals surface area contributed by atoms with Crippen LogP contribution < -0.4 is 4.74 Å². The molecule has 27 heavy (non-hydrogen) atoms. The molecule has 7 heteroatoms. The van der Waals surface area contributed by atoms with E-state index >= 15 is 0 Å². The standard InChI is InChI=1S/C20H18BrN3O2S/c1-20(2,3)17-9-15-18(22-11-23-19(15)27-17)25-10-14-8-16(24-26-14)12-4-6-13(21)7-5-12/h4-9,11H,10H2,1-3H3. The molecule has 0 unspecified atom stereocenters. The molecular weight excluding hydrogens is 426 g/mol. The molecule has 0 saturated carbocycles. The van der Waals surface area contributed by atoms with Crippen LogP contribution >= 0.6 is 27.3 Å². The number of hydrogen-bond donors (Lipinski definition) is 0. The van der Waals surface area contributed by atoms with Gasteiger partial charge in [-0.15, -0.1) is 11.3 Å². The summed E-state index contributed by atoms with van der Waals surface area (Å²) in [5.41, 5.74) is 1.83. The highest BCUT2D eigenvalue weighted by molar-refractivity contribution is 9.10. The van der Waals surface area contributed by atoms with Crippen LogP contribution in [0.1, 0.15) is 31.4 Å². The van der Waals surface area contributed by atoms with Crippen molar-refractivity contribution in [2.45, 2.75) is 32.8 Å². The lowest BCUT2D eigenvalue weighted by Crippen LogP contribution is -2.07. The van der Waals surface area contributed by atoms with E-state index in [1.165, 1.54) is 11.2 Å². The summed E-state index contributed by atoms with van der Waals surface area (Å²) in [5.74, 6) is 1.21. The summed E-state index contributed by atoms with van der Waals surface area (Å²) in [7, 11) is 0. The topological polar surface area (TPSA) is 61.0 Å². The van der Waals surface area contributed by atoms with Crippen LogP contribution in [0.3, 0.4) is 0 Å². The van der Waals surface area contributed by atoms with Gasteiger partial charge < -0.3 is 9.26 Å². The largest absolute Gasteiger partial charge is 0.469 e. The lowest BCUT2D eigenvalue weighted by molar-refractivity contribution is 0.244. The fourth-order valence-electron chi connectivity index (χ4n) is 2.60. The molecule has 0 radical (unpaired) electrons. The van der Waals surface area contributed by atoms with Gasteiger partial charge in [-0.2, -0.15) is 0 Å². The smallest absolute Gasteiger partial charge is 0.225 e. The number of thiophene rings is 1. The Kier molecular flexibility index (Phi) is 4.74. The third-order valence-corrected chi connectivity index (χ3v) is 6.08. The normalized spacial score (nSPS) is 11.9. The van der Waals surface area contributed by atoms with Crippen LogP contribution in [-0.4, -0.2) is 15.1 Å². The van der Waals surface area contributed by atoms with Crippen LogP contribution in [0.4, 0.5) is 0 Å². The van der Waals surface area contributed by atoms with Gasteiger partial charge in [-0.3, -0.25) is 0 Å². The molecule has 0 N–H and O–H groups in total. The summed E-state index contributed by atoms with van der Waals surface area (Å²) < 4.78 is 12.4. The lowest BCUT2D eigenvalue weighted by atomic mass is 9.94. The van der Waals surface area contributed by atoms with Crippen molar-refractivity contribution in [3.05, 3.63) is 57.8 Å². The number of fused-ring (bicyclic) bond motifs is 1. The molecule has 5 nitrogen and oxygen atoms in total. The van der Waals surface area contributed by atoms with Crippen molar-refractivity contribution >= 4 is 37.5 Å². The maximum atomic E-state index is 5.91. The Morgan fingerprint density at radius 3 is 2.63 bits per heavy atom. The summed E-state index contributed by atoms with van der Waals surface area (Å²) in [5, 5.41) is 5.06. The molecule has 3 aromatic heterocycles. The summed E-state index contributed by atoms with van der Waals surface area (Å²) in [4.78, 5) is 10.8.